The lowest BCUT2D eigenvalue weighted by Crippen LogP contribution is -2.07. The third-order valence-corrected chi connectivity index (χ3v) is 3.67. The molecule has 112 valence electrons. The maximum absolute atomic E-state index is 6.17. The van der Waals surface area contributed by atoms with Crippen molar-refractivity contribution in [3.05, 3.63) is 51.0 Å². The second-order valence-corrected chi connectivity index (χ2v) is 5.81. The Morgan fingerprint density at radius 1 is 0.952 bits per heavy atom. The second-order valence-electron chi connectivity index (χ2n) is 4.56. The van der Waals surface area contributed by atoms with Gasteiger partial charge in [0.2, 0.25) is 0 Å². The number of nitrogens with zero attached hydrogens (tertiary/aromatic N) is 1. The number of benzene rings is 1. The smallest absolute Gasteiger partial charge is 0.147 e. The summed E-state index contributed by atoms with van der Waals surface area (Å²) < 4.78 is 0. The van der Waals surface area contributed by atoms with Crippen molar-refractivity contribution in [2.45, 2.75) is 19.9 Å². The van der Waals surface area contributed by atoms with Gasteiger partial charge in [-0.05, 0) is 30.2 Å². The molecule has 0 spiro atoms. The van der Waals surface area contributed by atoms with E-state index >= 15 is 0 Å². The zero-order chi connectivity index (χ0) is 15.2. The molecule has 21 heavy (non-hydrogen) atoms. The van der Waals surface area contributed by atoms with Crippen LogP contribution in [-0.4, -0.2) is 11.5 Å². The summed E-state index contributed by atoms with van der Waals surface area (Å²) in [5, 5.41) is 8.12. The predicted octanol–water partition coefficient (Wildman–Crippen LogP) is 5.48. The summed E-state index contributed by atoms with van der Waals surface area (Å²) in [6.45, 7) is 3.50. The van der Waals surface area contributed by atoms with Crippen molar-refractivity contribution in [2.24, 2.45) is 0 Å². The van der Waals surface area contributed by atoms with Crippen LogP contribution in [-0.2, 0) is 6.54 Å². The Bertz CT molecular complexity index is 600. The topological polar surface area (TPSA) is 37.0 Å². The van der Waals surface area contributed by atoms with Crippen LogP contribution in [0.4, 0.5) is 11.6 Å². The fourth-order valence-corrected chi connectivity index (χ4v) is 2.36. The highest BCUT2D eigenvalue weighted by Crippen LogP contribution is 2.29. The third kappa shape index (κ3) is 4.67. The van der Waals surface area contributed by atoms with Crippen molar-refractivity contribution in [1.82, 2.24) is 4.98 Å². The van der Waals surface area contributed by atoms with Crippen LogP contribution in [0.25, 0.3) is 0 Å². The van der Waals surface area contributed by atoms with Gasteiger partial charge in [-0.2, -0.15) is 0 Å². The molecule has 1 aromatic heterocycles. The van der Waals surface area contributed by atoms with E-state index in [1.165, 1.54) is 0 Å². The Labute approximate surface area is 139 Å². The molecule has 2 rings (SSSR count). The van der Waals surface area contributed by atoms with Crippen molar-refractivity contribution in [2.75, 3.05) is 17.2 Å². The minimum atomic E-state index is 0.496. The van der Waals surface area contributed by atoms with Crippen LogP contribution in [0.2, 0.25) is 15.1 Å². The van der Waals surface area contributed by atoms with Gasteiger partial charge in [0.15, 0.2) is 0 Å². The zero-order valence-electron chi connectivity index (χ0n) is 11.6. The van der Waals surface area contributed by atoms with Crippen LogP contribution < -0.4 is 10.6 Å². The Morgan fingerprint density at radius 3 is 2.19 bits per heavy atom. The second kappa shape index (κ2) is 7.74. The number of nitrogens with one attached hydrogen (secondary N) is 2. The number of aromatic nitrogens is 1. The summed E-state index contributed by atoms with van der Waals surface area (Å²) in [6.07, 6.45) is 0.994. The maximum atomic E-state index is 6.17. The molecule has 0 aliphatic rings. The summed E-state index contributed by atoms with van der Waals surface area (Å²) in [6, 6.07) is 9.30. The Kier molecular flexibility index (Phi) is 5.97. The molecule has 2 aromatic rings. The van der Waals surface area contributed by atoms with Crippen LogP contribution in [0.3, 0.4) is 0 Å². The zero-order valence-corrected chi connectivity index (χ0v) is 13.9. The van der Waals surface area contributed by atoms with E-state index in [1.807, 2.05) is 24.3 Å². The molecule has 0 aliphatic heterocycles. The molecule has 1 heterocycles. The van der Waals surface area contributed by atoms with Gasteiger partial charge in [0.05, 0.1) is 10.0 Å². The first-order valence-corrected chi connectivity index (χ1v) is 7.81. The van der Waals surface area contributed by atoms with Crippen LogP contribution in [0.15, 0.2) is 30.3 Å². The SMILES string of the molecule is CCCNc1nc(NCc2ccc(Cl)cc2)c(Cl)cc1Cl. The molecule has 3 nitrogen and oxygen atoms in total. The predicted molar refractivity (Wildman–Crippen MR) is 91.8 cm³/mol. The monoisotopic (exact) mass is 343 g/mol. The first-order valence-electron chi connectivity index (χ1n) is 6.68. The number of hydrogen-bond donors (Lipinski definition) is 2. The average molecular weight is 345 g/mol. The molecule has 1 aromatic carbocycles. The summed E-state index contributed by atoms with van der Waals surface area (Å²) in [4.78, 5) is 4.43. The standard InChI is InChI=1S/C15H16Cl3N3/c1-2-7-19-14-12(17)8-13(18)15(21-14)20-9-10-3-5-11(16)6-4-10/h3-6,8H,2,7,9H2,1H3,(H2,19,20,21). The highest BCUT2D eigenvalue weighted by Gasteiger charge is 2.09. The molecular formula is C15H16Cl3N3. The first-order chi connectivity index (χ1) is 10.1. The molecule has 0 saturated carbocycles. The molecule has 2 N–H and O–H groups in total. The molecule has 0 aliphatic carbocycles. The molecule has 0 bridgehead atoms. The molecule has 0 fully saturated rings. The summed E-state index contributed by atoms with van der Waals surface area (Å²) in [5.41, 5.74) is 1.09. The average Bonchev–Trinajstić information content (AvgIpc) is 2.47. The number of pyridine rings is 1. The highest BCUT2D eigenvalue weighted by molar-refractivity contribution is 6.37. The van der Waals surface area contributed by atoms with Crippen LogP contribution >= 0.6 is 34.8 Å². The van der Waals surface area contributed by atoms with Gasteiger partial charge in [-0.3, -0.25) is 0 Å². The van der Waals surface area contributed by atoms with E-state index < -0.39 is 0 Å². The minimum Gasteiger partial charge on any atom is -0.369 e. The quantitative estimate of drug-likeness (QED) is 0.729. The van der Waals surface area contributed by atoms with E-state index in [9.17, 15) is 0 Å². The fourth-order valence-electron chi connectivity index (χ4n) is 1.75. The van der Waals surface area contributed by atoms with Crippen LogP contribution in [0.5, 0.6) is 0 Å². The van der Waals surface area contributed by atoms with Crippen LogP contribution in [0, 0.1) is 0 Å². The Hall–Kier alpha value is -1.16. The molecular weight excluding hydrogens is 329 g/mol. The molecule has 0 radical (unpaired) electrons. The van der Waals surface area contributed by atoms with E-state index in [-0.39, 0.29) is 0 Å². The van der Waals surface area contributed by atoms with E-state index in [1.54, 1.807) is 6.07 Å². The van der Waals surface area contributed by atoms with Gasteiger partial charge >= 0.3 is 0 Å². The van der Waals surface area contributed by atoms with E-state index in [0.29, 0.717) is 33.2 Å². The fraction of sp³-hybridized carbons (Fsp3) is 0.267. The van der Waals surface area contributed by atoms with Gasteiger partial charge in [-0.1, -0.05) is 53.9 Å². The summed E-state index contributed by atoms with van der Waals surface area (Å²) in [5.74, 6) is 1.25. The lowest BCUT2D eigenvalue weighted by Gasteiger charge is -2.12. The van der Waals surface area contributed by atoms with E-state index in [0.717, 1.165) is 18.5 Å². The normalized spacial score (nSPS) is 10.5. The van der Waals surface area contributed by atoms with Gasteiger partial charge < -0.3 is 10.6 Å². The van der Waals surface area contributed by atoms with Crippen molar-refractivity contribution in [3.63, 3.8) is 0 Å². The number of halogens is 3. The molecule has 0 amide bonds. The summed E-state index contributed by atoms with van der Waals surface area (Å²) >= 11 is 18.2. The molecule has 0 atom stereocenters. The maximum Gasteiger partial charge on any atom is 0.147 e. The highest BCUT2D eigenvalue weighted by atomic mass is 35.5. The van der Waals surface area contributed by atoms with Gasteiger partial charge in [-0.15, -0.1) is 0 Å². The Morgan fingerprint density at radius 2 is 1.57 bits per heavy atom. The lowest BCUT2D eigenvalue weighted by atomic mass is 10.2. The number of anilines is 2. The number of hydrogen-bond acceptors (Lipinski definition) is 3. The van der Waals surface area contributed by atoms with E-state index in [4.69, 9.17) is 34.8 Å². The third-order valence-electron chi connectivity index (χ3n) is 2.85. The van der Waals surface area contributed by atoms with Crippen molar-refractivity contribution in [1.29, 1.82) is 0 Å². The van der Waals surface area contributed by atoms with Gasteiger partial charge in [0, 0.05) is 18.1 Å². The number of rotatable bonds is 6. The Balaban J connectivity index is 2.09. The minimum absolute atomic E-state index is 0.496. The van der Waals surface area contributed by atoms with Gasteiger partial charge in [0.1, 0.15) is 11.6 Å². The molecule has 0 unspecified atom stereocenters. The largest absolute Gasteiger partial charge is 0.369 e. The molecule has 0 saturated heterocycles. The van der Waals surface area contributed by atoms with Crippen molar-refractivity contribution in [3.8, 4) is 0 Å². The van der Waals surface area contributed by atoms with Crippen molar-refractivity contribution >= 4 is 46.4 Å². The first kappa shape index (κ1) is 16.2. The van der Waals surface area contributed by atoms with Crippen molar-refractivity contribution < 1.29 is 0 Å². The summed E-state index contributed by atoms with van der Waals surface area (Å²) in [7, 11) is 0. The van der Waals surface area contributed by atoms with Crippen LogP contribution in [0.1, 0.15) is 18.9 Å². The molecule has 6 heteroatoms. The lowest BCUT2D eigenvalue weighted by molar-refractivity contribution is 0.968. The van der Waals surface area contributed by atoms with E-state index in [2.05, 4.69) is 22.5 Å². The van der Waals surface area contributed by atoms with Gasteiger partial charge in [-0.25, -0.2) is 4.98 Å². The van der Waals surface area contributed by atoms with Gasteiger partial charge in [0.25, 0.3) is 0 Å².